The third kappa shape index (κ3) is 2.68. The van der Waals surface area contributed by atoms with E-state index in [2.05, 4.69) is 13.8 Å². The van der Waals surface area contributed by atoms with Gasteiger partial charge in [-0.2, -0.15) is 0 Å². The SMILES string of the molecule is CC(C)C1CCN(S(=O)(=O)CCN)C1. The minimum atomic E-state index is -3.07. The molecule has 2 N–H and O–H groups in total. The fourth-order valence-corrected chi connectivity index (χ4v) is 3.19. The van der Waals surface area contributed by atoms with Gasteiger partial charge in [0.25, 0.3) is 0 Å². The molecule has 0 spiro atoms. The Bertz CT molecular complexity index is 275. The summed E-state index contributed by atoms with van der Waals surface area (Å²) in [4.78, 5) is 0. The van der Waals surface area contributed by atoms with Crippen LogP contribution in [0.5, 0.6) is 0 Å². The van der Waals surface area contributed by atoms with Crippen LogP contribution >= 0.6 is 0 Å². The van der Waals surface area contributed by atoms with Crippen LogP contribution in [0.2, 0.25) is 0 Å². The maximum atomic E-state index is 11.6. The summed E-state index contributed by atoms with van der Waals surface area (Å²) < 4.78 is 24.9. The van der Waals surface area contributed by atoms with E-state index in [1.54, 1.807) is 4.31 Å². The molecule has 4 nitrogen and oxygen atoms in total. The zero-order chi connectivity index (χ0) is 10.8. The second-order valence-corrected chi connectivity index (χ2v) is 6.34. The Morgan fingerprint density at radius 3 is 2.57 bits per heavy atom. The molecule has 1 aliphatic rings. The Morgan fingerprint density at radius 1 is 1.50 bits per heavy atom. The summed E-state index contributed by atoms with van der Waals surface area (Å²) in [5.74, 6) is 1.16. The first kappa shape index (κ1) is 11.9. The first-order chi connectivity index (χ1) is 6.47. The highest BCUT2D eigenvalue weighted by molar-refractivity contribution is 7.89. The van der Waals surface area contributed by atoms with E-state index in [0.29, 0.717) is 24.9 Å². The second-order valence-electron chi connectivity index (χ2n) is 4.26. The highest BCUT2D eigenvalue weighted by atomic mass is 32.2. The van der Waals surface area contributed by atoms with Crippen LogP contribution < -0.4 is 5.73 Å². The fourth-order valence-electron chi connectivity index (χ4n) is 1.83. The molecule has 1 fully saturated rings. The molecule has 5 heteroatoms. The molecule has 84 valence electrons. The molecule has 0 aromatic carbocycles. The van der Waals surface area contributed by atoms with E-state index in [4.69, 9.17) is 5.73 Å². The van der Waals surface area contributed by atoms with Crippen LogP contribution in [0.15, 0.2) is 0 Å². The maximum Gasteiger partial charge on any atom is 0.215 e. The van der Waals surface area contributed by atoms with Gasteiger partial charge in [0.15, 0.2) is 0 Å². The Hall–Kier alpha value is -0.130. The highest BCUT2D eigenvalue weighted by Gasteiger charge is 2.31. The molecule has 1 aliphatic heterocycles. The molecule has 0 bridgehead atoms. The zero-order valence-corrected chi connectivity index (χ0v) is 9.76. The molecule has 1 rings (SSSR count). The summed E-state index contributed by atoms with van der Waals surface area (Å²) in [6, 6.07) is 0. The lowest BCUT2D eigenvalue weighted by Crippen LogP contribution is -2.33. The number of sulfonamides is 1. The molecule has 0 amide bonds. The van der Waals surface area contributed by atoms with Crippen LogP contribution in [0.1, 0.15) is 20.3 Å². The van der Waals surface area contributed by atoms with Crippen molar-refractivity contribution < 1.29 is 8.42 Å². The minimum Gasteiger partial charge on any atom is -0.329 e. The summed E-state index contributed by atoms with van der Waals surface area (Å²) in [6.07, 6.45) is 0.988. The summed E-state index contributed by atoms with van der Waals surface area (Å²) in [5.41, 5.74) is 5.27. The monoisotopic (exact) mass is 220 g/mol. The van der Waals surface area contributed by atoms with Gasteiger partial charge < -0.3 is 5.73 Å². The minimum absolute atomic E-state index is 0.0812. The van der Waals surface area contributed by atoms with Crippen LogP contribution in [-0.4, -0.2) is 38.1 Å². The molecule has 1 saturated heterocycles. The smallest absolute Gasteiger partial charge is 0.215 e. The van der Waals surface area contributed by atoms with E-state index in [-0.39, 0.29) is 12.3 Å². The third-order valence-corrected chi connectivity index (χ3v) is 4.77. The molecule has 1 atom stereocenters. The largest absolute Gasteiger partial charge is 0.329 e. The summed E-state index contributed by atoms with van der Waals surface area (Å²) in [7, 11) is -3.07. The quantitative estimate of drug-likeness (QED) is 0.739. The summed E-state index contributed by atoms with van der Waals surface area (Å²) in [5, 5.41) is 0. The molecule has 0 aromatic rings. The fraction of sp³-hybridized carbons (Fsp3) is 1.00. The van der Waals surface area contributed by atoms with Gasteiger partial charge in [-0.1, -0.05) is 13.8 Å². The van der Waals surface area contributed by atoms with Gasteiger partial charge in [0, 0.05) is 19.6 Å². The van der Waals surface area contributed by atoms with Gasteiger partial charge in [0.05, 0.1) is 5.75 Å². The highest BCUT2D eigenvalue weighted by Crippen LogP contribution is 2.25. The Kier molecular flexibility index (Phi) is 3.92. The Labute approximate surface area is 86.5 Å². The molecule has 0 radical (unpaired) electrons. The predicted octanol–water partition coefficient (Wildman–Crippen LogP) is 0.253. The van der Waals surface area contributed by atoms with Crippen molar-refractivity contribution >= 4 is 10.0 Å². The van der Waals surface area contributed by atoms with E-state index in [1.807, 2.05) is 0 Å². The van der Waals surface area contributed by atoms with Gasteiger partial charge in [0.2, 0.25) is 10.0 Å². The Morgan fingerprint density at radius 2 is 2.14 bits per heavy atom. The Balaban J connectivity index is 2.58. The van der Waals surface area contributed by atoms with Crippen molar-refractivity contribution in [3.05, 3.63) is 0 Å². The lowest BCUT2D eigenvalue weighted by atomic mass is 9.96. The molecular formula is C9H20N2O2S. The van der Waals surface area contributed by atoms with E-state index >= 15 is 0 Å². The van der Waals surface area contributed by atoms with Crippen LogP contribution in [0.25, 0.3) is 0 Å². The van der Waals surface area contributed by atoms with Gasteiger partial charge in [-0.15, -0.1) is 0 Å². The average Bonchev–Trinajstić information content (AvgIpc) is 2.51. The lowest BCUT2D eigenvalue weighted by molar-refractivity contribution is 0.388. The van der Waals surface area contributed by atoms with Crippen LogP contribution in [0, 0.1) is 11.8 Å². The van der Waals surface area contributed by atoms with Crippen molar-refractivity contribution in [3.8, 4) is 0 Å². The van der Waals surface area contributed by atoms with E-state index in [1.165, 1.54) is 0 Å². The number of rotatable bonds is 4. The van der Waals surface area contributed by atoms with Crippen molar-refractivity contribution in [3.63, 3.8) is 0 Å². The summed E-state index contributed by atoms with van der Waals surface area (Å²) >= 11 is 0. The van der Waals surface area contributed by atoms with E-state index < -0.39 is 10.0 Å². The van der Waals surface area contributed by atoms with E-state index in [0.717, 1.165) is 6.42 Å². The molecule has 0 saturated carbocycles. The van der Waals surface area contributed by atoms with Gasteiger partial charge in [0.1, 0.15) is 0 Å². The molecule has 1 heterocycles. The topological polar surface area (TPSA) is 63.4 Å². The van der Waals surface area contributed by atoms with Gasteiger partial charge >= 0.3 is 0 Å². The molecular weight excluding hydrogens is 200 g/mol. The second kappa shape index (κ2) is 4.59. The van der Waals surface area contributed by atoms with E-state index in [9.17, 15) is 8.42 Å². The normalized spacial score (nSPS) is 24.7. The van der Waals surface area contributed by atoms with Crippen LogP contribution in [0.3, 0.4) is 0 Å². The first-order valence-corrected chi connectivity index (χ1v) is 6.76. The maximum absolute atomic E-state index is 11.6. The molecule has 0 aromatic heterocycles. The van der Waals surface area contributed by atoms with Crippen LogP contribution in [-0.2, 0) is 10.0 Å². The van der Waals surface area contributed by atoms with Crippen molar-refractivity contribution in [2.24, 2.45) is 17.6 Å². The van der Waals surface area contributed by atoms with Crippen molar-refractivity contribution in [2.75, 3.05) is 25.4 Å². The van der Waals surface area contributed by atoms with Crippen molar-refractivity contribution in [1.29, 1.82) is 0 Å². The molecule has 0 aliphatic carbocycles. The van der Waals surface area contributed by atoms with Gasteiger partial charge in [-0.05, 0) is 18.3 Å². The standard InChI is InChI=1S/C9H20N2O2S/c1-8(2)9-3-5-11(7-9)14(12,13)6-4-10/h8-9H,3-7,10H2,1-2H3. The predicted molar refractivity (Wildman–Crippen MR) is 57.4 cm³/mol. The molecule has 14 heavy (non-hydrogen) atoms. The number of nitrogens with two attached hydrogens (primary N) is 1. The average molecular weight is 220 g/mol. The van der Waals surface area contributed by atoms with Gasteiger partial charge in [-0.25, -0.2) is 12.7 Å². The zero-order valence-electron chi connectivity index (χ0n) is 8.94. The number of hydrogen-bond donors (Lipinski definition) is 1. The van der Waals surface area contributed by atoms with Crippen LogP contribution in [0.4, 0.5) is 0 Å². The third-order valence-electron chi connectivity index (χ3n) is 2.90. The lowest BCUT2D eigenvalue weighted by Gasteiger charge is -2.17. The van der Waals surface area contributed by atoms with Crippen molar-refractivity contribution in [2.45, 2.75) is 20.3 Å². The van der Waals surface area contributed by atoms with Gasteiger partial charge in [-0.3, -0.25) is 0 Å². The first-order valence-electron chi connectivity index (χ1n) is 5.15. The molecule has 1 unspecified atom stereocenters. The summed E-state index contributed by atoms with van der Waals surface area (Å²) in [6.45, 7) is 5.85. The number of nitrogens with zero attached hydrogens (tertiary/aromatic N) is 1. The number of hydrogen-bond acceptors (Lipinski definition) is 3. The van der Waals surface area contributed by atoms with Crippen molar-refractivity contribution in [1.82, 2.24) is 4.31 Å².